The Morgan fingerprint density at radius 3 is 2.46 bits per heavy atom. The van der Waals surface area contributed by atoms with E-state index in [0.29, 0.717) is 17.0 Å². The Hall–Kier alpha value is -2.28. The Labute approximate surface area is 138 Å². The zero-order valence-electron chi connectivity index (χ0n) is 13.9. The van der Waals surface area contributed by atoms with Crippen molar-refractivity contribution in [2.45, 2.75) is 45.8 Å². The Morgan fingerprint density at radius 2 is 1.92 bits per heavy atom. The van der Waals surface area contributed by atoms with Crippen molar-refractivity contribution in [1.82, 2.24) is 10.5 Å². The lowest BCUT2D eigenvalue weighted by atomic mass is 9.97. The van der Waals surface area contributed by atoms with Crippen molar-refractivity contribution >= 4 is 5.91 Å². The van der Waals surface area contributed by atoms with Gasteiger partial charge in [-0.25, -0.2) is 8.78 Å². The van der Waals surface area contributed by atoms with E-state index < -0.39 is 29.7 Å². The molecule has 0 spiro atoms. The molecule has 0 aliphatic carbocycles. The van der Waals surface area contributed by atoms with Crippen molar-refractivity contribution in [3.05, 3.63) is 52.4 Å². The molecule has 1 aromatic carbocycles. The van der Waals surface area contributed by atoms with Gasteiger partial charge in [0.2, 0.25) is 5.91 Å². The number of aliphatic hydroxyl groups is 1. The van der Waals surface area contributed by atoms with Gasteiger partial charge in [0.15, 0.2) is 11.6 Å². The molecule has 3 unspecified atom stereocenters. The number of hydrogen-bond donors (Lipinski definition) is 2. The van der Waals surface area contributed by atoms with Gasteiger partial charge in [-0.05, 0) is 45.4 Å². The minimum atomic E-state index is -1.17. The van der Waals surface area contributed by atoms with E-state index in [-0.39, 0.29) is 11.5 Å². The number of aromatic nitrogens is 1. The first-order valence-corrected chi connectivity index (χ1v) is 7.58. The first kappa shape index (κ1) is 18.1. The van der Waals surface area contributed by atoms with Crippen molar-refractivity contribution in [1.29, 1.82) is 0 Å². The number of benzene rings is 1. The van der Waals surface area contributed by atoms with Crippen LogP contribution < -0.4 is 5.32 Å². The Morgan fingerprint density at radius 1 is 1.25 bits per heavy atom. The molecule has 2 aromatic rings. The second-order valence-corrected chi connectivity index (χ2v) is 5.88. The van der Waals surface area contributed by atoms with Crippen LogP contribution in [0, 0.1) is 25.5 Å². The number of halogens is 2. The van der Waals surface area contributed by atoms with Crippen LogP contribution in [0.1, 0.15) is 48.5 Å². The Bertz CT molecular complexity index is 726. The zero-order valence-corrected chi connectivity index (χ0v) is 13.9. The second-order valence-electron chi connectivity index (χ2n) is 5.88. The first-order chi connectivity index (χ1) is 11.2. The van der Waals surface area contributed by atoms with Crippen LogP contribution in [-0.4, -0.2) is 22.2 Å². The molecule has 0 saturated carbocycles. The quantitative estimate of drug-likeness (QED) is 0.879. The van der Waals surface area contributed by atoms with E-state index in [1.807, 2.05) is 0 Å². The molecule has 0 bridgehead atoms. The van der Waals surface area contributed by atoms with E-state index in [2.05, 4.69) is 10.5 Å². The molecule has 24 heavy (non-hydrogen) atoms. The molecule has 1 heterocycles. The Balaban J connectivity index is 2.09. The molecule has 2 rings (SSSR count). The van der Waals surface area contributed by atoms with Crippen LogP contribution in [0.3, 0.4) is 0 Å². The molecule has 5 nitrogen and oxygen atoms in total. The monoisotopic (exact) mass is 338 g/mol. The maximum Gasteiger partial charge on any atom is 0.227 e. The van der Waals surface area contributed by atoms with Crippen molar-refractivity contribution in [2.75, 3.05) is 0 Å². The summed E-state index contributed by atoms with van der Waals surface area (Å²) in [5.74, 6) is -2.32. The molecule has 3 atom stereocenters. The molecule has 0 saturated heterocycles. The standard InChI is InChI=1S/C17H20F2N2O3/c1-8(15-9(2)21-24-11(15)4)17(23)20-10(3)16(22)12-5-6-13(18)14(19)7-12/h5-8,10,16,22H,1-4H3,(H,20,23). The molecule has 2 N–H and O–H groups in total. The number of nitrogens with zero attached hydrogens (tertiary/aromatic N) is 1. The topological polar surface area (TPSA) is 75.4 Å². The molecule has 0 aliphatic rings. The van der Waals surface area contributed by atoms with E-state index in [0.717, 1.165) is 12.1 Å². The van der Waals surface area contributed by atoms with E-state index in [1.54, 1.807) is 27.7 Å². The summed E-state index contributed by atoms with van der Waals surface area (Å²) in [5.41, 5.74) is 1.51. The highest BCUT2D eigenvalue weighted by molar-refractivity contribution is 5.84. The SMILES string of the molecule is Cc1noc(C)c1C(C)C(=O)NC(C)C(O)c1ccc(F)c(F)c1. The molecule has 0 aliphatic heterocycles. The second kappa shape index (κ2) is 7.09. The van der Waals surface area contributed by atoms with Crippen molar-refractivity contribution < 1.29 is 23.2 Å². The third-order valence-corrected chi connectivity index (χ3v) is 4.04. The number of hydrogen-bond acceptors (Lipinski definition) is 4. The predicted octanol–water partition coefficient (Wildman–Crippen LogP) is 2.91. The largest absolute Gasteiger partial charge is 0.386 e. The lowest BCUT2D eigenvalue weighted by Gasteiger charge is -2.22. The predicted molar refractivity (Wildman–Crippen MR) is 83.3 cm³/mol. The van der Waals surface area contributed by atoms with Crippen LogP contribution in [0.25, 0.3) is 0 Å². The van der Waals surface area contributed by atoms with Gasteiger partial charge in [0.1, 0.15) is 5.76 Å². The van der Waals surface area contributed by atoms with Crippen LogP contribution in [0.4, 0.5) is 8.78 Å². The highest BCUT2D eigenvalue weighted by Crippen LogP contribution is 2.24. The molecule has 130 valence electrons. The van der Waals surface area contributed by atoms with Crippen LogP contribution in [0.15, 0.2) is 22.7 Å². The lowest BCUT2D eigenvalue weighted by Crippen LogP contribution is -2.39. The summed E-state index contributed by atoms with van der Waals surface area (Å²) in [4.78, 5) is 12.4. The third-order valence-electron chi connectivity index (χ3n) is 4.04. The minimum Gasteiger partial charge on any atom is -0.386 e. The Kier molecular flexibility index (Phi) is 5.33. The zero-order chi connectivity index (χ0) is 18.0. The van der Waals surface area contributed by atoms with Crippen LogP contribution in [-0.2, 0) is 4.79 Å². The maximum atomic E-state index is 13.3. The summed E-state index contributed by atoms with van der Waals surface area (Å²) in [6.45, 7) is 6.76. The van der Waals surface area contributed by atoms with Crippen LogP contribution in [0.5, 0.6) is 0 Å². The minimum absolute atomic E-state index is 0.187. The van der Waals surface area contributed by atoms with Gasteiger partial charge in [0, 0.05) is 5.56 Å². The fourth-order valence-corrected chi connectivity index (χ4v) is 2.65. The van der Waals surface area contributed by atoms with Gasteiger partial charge in [-0.15, -0.1) is 0 Å². The average Bonchev–Trinajstić information content (AvgIpc) is 2.87. The summed E-state index contributed by atoms with van der Waals surface area (Å²) in [6.07, 6.45) is -1.17. The molecular formula is C17H20F2N2O3. The third kappa shape index (κ3) is 3.62. The van der Waals surface area contributed by atoms with Gasteiger partial charge in [-0.1, -0.05) is 11.2 Å². The van der Waals surface area contributed by atoms with Crippen molar-refractivity contribution in [2.24, 2.45) is 0 Å². The summed E-state index contributed by atoms with van der Waals surface area (Å²) in [6, 6.07) is 2.45. The average molecular weight is 338 g/mol. The smallest absolute Gasteiger partial charge is 0.227 e. The van der Waals surface area contributed by atoms with Crippen molar-refractivity contribution in [3.8, 4) is 0 Å². The molecule has 1 aromatic heterocycles. The number of amides is 1. The molecule has 0 radical (unpaired) electrons. The normalized spacial score (nSPS) is 15.0. The fourth-order valence-electron chi connectivity index (χ4n) is 2.65. The fraction of sp³-hybridized carbons (Fsp3) is 0.412. The molecule has 0 fully saturated rings. The van der Waals surface area contributed by atoms with Gasteiger partial charge in [0.25, 0.3) is 0 Å². The number of nitrogens with one attached hydrogen (secondary N) is 1. The van der Waals surface area contributed by atoms with Gasteiger partial charge in [0.05, 0.1) is 23.8 Å². The summed E-state index contributed by atoms with van der Waals surface area (Å²) < 4.78 is 31.3. The lowest BCUT2D eigenvalue weighted by molar-refractivity contribution is -0.123. The highest BCUT2D eigenvalue weighted by atomic mass is 19.2. The number of aliphatic hydroxyl groups excluding tert-OH is 1. The number of aryl methyl sites for hydroxylation is 2. The van der Waals surface area contributed by atoms with Gasteiger partial charge >= 0.3 is 0 Å². The van der Waals surface area contributed by atoms with Crippen molar-refractivity contribution in [3.63, 3.8) is 0 Å². The molecule has 7 heteroatoms. The number of rotatable bonds is 5. The van der Waals surface area contributed by atoms with Crippen LogP contribution in [0.2, 0.25) is 0 Å². The van der Waals surface area contributed by atoms with E-state index in [1.165, 1.54) is 6.07 Å². The first-order valence-electron chi connectivity index (χ1n) is 7.58. The van der Waals surface area contributed by atoms with E-state index >= 15 is 0 Å². The molecule has 1 amide bonds. The highest BCUT2D eigenvalue weighted by Gasteiger charge is 2.26. The number of carbonyl (C=O) groups excluding carboxylic acids is 1. The maximum absolute atomic E-state index is 13.3. The molecular weight excluding hydrogens is 318 g/mol. The summed E-state index contributed by atoms with van der Waals surface area (Å²) >= 11 is 0. The van der Waals surface area contributed by atoms with Gasteiger partial charge in [-0.3, -0.25) is 4.79 Å². The van der Waals surface area contributed by atoms with Gasteiger partial charge < -0.3 is 14.9 Å². The summed E-state index contributed by atoms with van der Waals surface area (Å²) in [5, 5.41) is 16.7. The number of carbonyl (C=O) groups is 1. The van der Waals surface area contributed by atoms with E-state index in [4.69, 9.17) is 4.52 Å². The summed E-state index contributed by atoms with van der Waals surface area (Å²) in [7, 11) is 0. The van der Waals surface area contributed by atoms with Gasteiger partial charge in [-0.2, -0.15) is 0 Å². The van der Waals surface area contributed by atoms with E-state index in [9.17, 15) is 18.7 Å². The van der Waals surface area contributed by atoms with Crippen LogP contribution >= 0.6 is 0 Å².